The summed E-state index contributed by atoms with van der Waals surface area (Å²) < 4.78 is 11.0. The Bertz CT molecular complexity index is 621. The second-order valence-corrected chi connectivity index (χ2v) is 6.94. The molecular weight excluding hydrogens is 320 g/mol. The molecule has 136 valence electrons. The third-order valence-electron chi connectivity index (χ3n) is 5.16. The predicted octanol–water partition coefficient (Wildman–Crippen LogP) is 2.44. The molecule has 1 saturated carbocycles. The molecule has 6 heteroatoms. The fourth-order valence-electron chi connectivity index (χ4n) is 3.17. The van der Waals surface area contributed by atoms with Crippen molar-refractivity contribution in [3.8, 4) is 5.75 Å². The lowest BCUT2D eigenvalue weighted by Gasteiger charge is -2.26. The molecule has 0 spiro atoms. The van der Waals surface area contributed by atoms with E-state index in [1.165, 1.54) is 0 Å². The van der Waals surface area contributed by atoms with Crippen molar-refractivity contribution >= 4 is 17.5 Å². The van der Waals surface area contributed by atoms with Gasteiger partial charge < -0.3 is 19.7 Å². The number of methoxy groups -OCH3 is 1. The van der Waals surface area contributed by atoms with E-state index >= 15 is 0 Å². The highest BCUT2D eigenvalue weighted by atomic mass is 16.5. The average molecular weight is 346 g/mol. The number of nitrogens with one attached hydrogen (secondary N) is 1. The van der Waals surface area contributed by atoms with E-state index in [0.29, 0.717) is 11.4 Å². The van der Waals surface area contributed by atoms with E-state index in [1.807, 2.05) is 11.8 Å². The molecule has 1 aliphatic carbocycles. The Labute approximate surface area is 148 Å². The van der Waals surface area contributed by atoms with Crippen LogP contribution in [-0.4, -0.2) is 49.1 Å². The van der Waals surface area contributed by atoms with Crippen molar-refractivity contribution in [3.63, 3.8) is 0 Å². The van der Waals surface area contributed by atoms with Crippen LogP contribution in [0.4, 0.5) is 5.69 Å². The largest absolute Gasteiger partial charge is 0.484 e. The van der Waals surface area contributed by atoms with E-state index in [0.717, 1.165) is 38.8 Å². The molecule has 2 aliphatic rings. The van der Waals surface area contributed by atoms with Crippen molar-refractivity contribution in [2.24, 2.45) is 5.92 Å². The van der Waals surface area contributed by atoms with Crippen molar-refractivity contribution in [1.29, 1.82) is 0 Å². The minimum Gasteiger partial charge on any atom is -0.484 e. The smallest absolute Gasteiger partial charge is 0.260 e. The quantitative estimate of drug-likeness (QED) is 0.823. The minimum atomic E-state index is -0.780. The number of nitrogens with zero attached hydrogens (tertiary/aromatic N) is 1. The average Bonchev–Trinajstić information content (AvgIpc) is 3.35. The molecule has 0 radical (unpaired) electrons. The zero-order valence-corrected chi connectivity index (χ0v) is 14.9. The Morgan fingerprint density at radius 3 is 2.40 bits per heavy atom. The Morgan fingerprint density at radius 1 is 1.20 bits per heavy atom. The van der Waals surface area contributed by atoms with Gasteiger partial charge in [0.1, 0.15) is 11.4 Å². The molecule has 25 heavy (non-hydrogen) atoms. The number of anilines is 1. The van der Waals surface area contributed by atoms with Gasteiger partial charge in [0.15, 0.2) is 6.61 Å². The molecule has 0 bridgehead atoms. The Hall–Kier alpha value is -2.08. The van der Waals surface area contributed by atoms with Gasteiger partial charge in [0.2, 0.25) is 0 Å². The maximum atomic E-state index is 12.5. The second-order valence-electron chi connectivity index (χ2n) is 6.94. The van der Waals surface area contributed by atoms with Crippen molar-refractivity contribution in [2.45, 2.75) is 38.2 Å². The summed E-state index contributed by atoms with van der Waals surface area (Å²) in [5.41, 5.74) is -0.0933. The fourth-order valence-corrected chi connectivity index (χ4v) is 3.17. The van der Waals surface area contributed by atoms with Crippen LogP contribution < -0.4 is 10.1 Å². The zero-order valence-electron chi connectivity index (χ0n) is 14.9. The lowest BCUT2D eigenvalue weighted by molar-refractivity contribution is -0.138. The van der Waals surface area contributed by atoms with Gasteiger partial charge in [0.05, 0.1) is 0 Å². The second kappa shape index (κ2) is 7.44. The molecule has 1 aromatic rings. The van der Waals surface area contributed by atoms with Crippen LogP contribution in [0, 0.1) is 5.92 Å². The van der Waals surface area contributed by atoms with Crippen molar-refractivity contribution in [3.05, 3.63) is 24.3 Å². The van der Waals surface area contributed by atoms with E-state index in [2.05, 4.69) is 5.32 Å². The van der Waals surface area contributed by atoms with E-state index in [-0.39, 0.29) is 24.3 Å². The zero-order chi connectivity index (χ0) is 17.9. The van der Waals surface area contributed by atoms with Crippen LogP contribution in [0.1, 0.15) is 32.6 Å². The van der Waals surface area contributed by atoms with Gasteiger partial charge in [-0.1, -0.05) is 0 Å². The number of ether oxygens (including phenoxy) is 2. The van der Waals surface area contributed by atoms with Crippen LogP contribution in [0.5, 0.6) is 5.75 Å². The molecule has 0 aromatic heterocycles. The van der Waals surface area contributed by atoms with E-state index in [9.17, 15) is 9.59 Å². The summed E-state index contributed by atoms with van der Waals surface area (Å²) in [4.78, 5) is 26.3. The van der Waals surface area contributed by atoms with Gasteiger partial charge in [-0.3, -0.25) is 9.59 Å². The van der Waals surface area contributed by atoms with E-state index in [1.54, 1.807) is 31.4 Å². The van der Waals surface area contributed by atoms with Gasteiger partial charge in [0.25, 0.3) is 11.8 Å². The Morgan fingerprint density at radius 2 is 1.84 bits per heavy atom. The summed E-state index contributed by atoms with van der Waals surface area (Å²) in [7, 11) is 1.58. The summed E-state index contributed by atoms with van der Waals surface area (Å²) in [5, 5.41) is 2.90. The summed E-state index contributed by atoms with van der Waals surface area (Å²) in [6.45, 7) is 3.54. The lowest BCUT2D eigenvalue weighted by atomic mass is 9.99. The van der Waals surface area contributed by atoms with Crippen LogP contribution in [0.25, 0.3) is 0 Å². The summed E-state index contributed by atoms with van der Waals surface area (Å²) in [6, 6.07) is 7.06. The molecule has 1 heterocycles. The SMILES string of the molecule is CO[C@@](C)(C(=O)Nc1ccc(OCC(=O)N2CCCC2)cc1)C1CC1. The highest BCUT2D eigenvalue weighted by Crippen LogP contribution is 2.42. The minimum absolute atomic E-state index is 0.0233. The number of carbonyl (C=O) groups is 2. The molecule has 2 fully saturated rings. The molecule has 0 unspecified atom stereocenters. The van der Waals surface area contributed by atoms with Crippen LogP contribution in [0.3, 0.4) is 0 Å². The Kier molecular flexibility index (Phi) is 5.27. The summed E-state index contributed by atoms with van der Waals surface area (Å²) in [6.07, 6.45) is 4.19. The summed E-state index contributed by atoms with van der Waals surface area (Å²) >= 11 is 0. The molecule has 1 aliphatic heterocycles. The first-order chi connectivity index (χ1) is 12.0. The maximum Gasteiger partial charge on any atom is 0.260 e. The molecule has 6 nitrogen and oxygen atoms in total. The number of likely N-dealkylation sites (tertiary alicyclic amines) is 1. The van der Waals surface area contributed by atoms with Crippen LogP contribution >= 0.6 is 0 Å². The summed E-state index contributed by atoms with van der Waals surface area (Å²) in [5.74, 6) is 0.796. The van der Waals surface area contributed by atoms with Crippen molar-refractivity contribution in [2.75, 3.05) is 32.1 Å². The maximum absolute atomic E-state index is 12.5. The number of hydrogen-bond donors (Lipinski definition) is 1. The first-order valence-electron chi connectivity index (χ1n) is 8.90. The van der Waals surface area contributed by atoms with E-state index < -0.39 is 5.60 Å². The topological polar surface area (TPSA) is 67.9 Å². The fraction of sp³-hybridized carbons (Fsp3) is 0.579. The van der Waals surface area contributed by atoms with Crippen molar-refractivity contribution < 1.29 is 19.1 Å². The van der Waals surface area contributed by atoms with Crippen LogP contribution in [0.15, 0.2) is 24.3 Å². The highest BCUT2D eigenvalue weighted by molar-refractivity contribution is 5.97. The van der Waals surface area contributed by atoms with Gasteiger partial charge in [-0.15, -0.1) is 0 Å². The third kappa shape index (κ3) is 4.12. The van der Waals surface area contributed by atoms with Crippen LogP contribution in [-0.2, 0) is 14.3 Å². The monoisotopic (exact) mass is 346 g/mol. The number of carbonyl (C=O) groups excluding carboxylic acids is 2. The van der Waals surface area contributed by atoms with Gasteiger partial charge >= 0.3 is 0 Å². The van der Waals surface area contributed by atoms with Crippen LogP contribution in [0.2, 0.25) is 0 Å². The van der Waals surface area contributed by atoms with Gasteiger partial charge in [0, 0.05) is 25.9 Å². The predicted molar refractivity (Wildman–Crippen MR) is 94.5 cm³/mol. The number of benzene rings is 1. The normalized spacial score (nSPS) is 19.4. The van der Waals surface area contributed by atoms with Gasteiger partial charge in [-0.05, 0) is 62.8 Å². The van der Waals surface area contributed by atoms with Gasteiger partial charge in [-0.2, -0.15) is 0 Å². The molecule has 1 N–H and O–H groups in total. The standard InChI is InChI=1S/C19H26N2O4/c1-19(24-2,14-5-6-14)18(23)20-15-7-9-16(10-8-15)25-13-17(22)21-11-3-4-12-21/h7-10,14H,3-6,11-13H2,1-2H3,(H,20,23)/t19-/m1/s1. The lowest BCUT2D eigenvalue weighted by Crippen LogP contribution is -2.44. The first-order valence-corrected chi connectivity index (χ1v) is 8.90. The Balaban J connectivity index is 1.51. The number of rotatable bonds is 7. The molecule has 1 atom stereocenters. The molecule has 3 rings (SSSR count). The number of hydrogen-bond acceptors (Lipinski definition) is 4. The van der Waals surface area contributed by atoms with Crippen molar-refractivity contribution in [1.82, 2.24) is 4.90 Å². The highest BCUT2D eigenvalue weighted by Gasteiger charge is 2.47. The third-order valence-corrected chi connectivity index (χ3v) is 5.16. The molecule has 1 aromatic carbocycles. The number of amides is 2. The molecular formula is C19H26N2O4. The first kappa shape index (κ1) is 17.7. The molecule has 1 saturated heterocycles. The van der Waals surface area contributed by atoms with E-state index in [4.69, 9.17) is 9.47 Å². The molecule has 2 amide bonds. The van der Waals surface area contributed by atoms with Gasteiger partial charge in [-0.25, -0.2) is 0 Å².